The molecule has 1 N–H and O–H groups in total. The zero-order chi connectivity index (χ0) is 16.8. The zero-order valence-corrected chi connectivity index (χ0v) is 13.4. The van der Waals surface area contributed by atoms with Gasteiger partial charge in [-0.3, -0.25) is 10.1 Å². The molecule has 5 nitrogen and oxygen atoms in total. The Kier molecular flexibility index (Phi) is 5.12. The monoisotopic (exact) mass is 343 g/mol. The maximum absolute atomic E-state index is 13.1. The van der Waals surface area contributed by atoms with E-state index in [1.165, 1.54) is 35.6 Å². The molecule has 0 radical (unpaired) electrons. The number of benzene rings is 2. The lowest BCUT2D eigenvalue weighted by Gasteiger charge is -2.03. The largest absolute Gasteiger partial charge is 0.493 e. The number of halogens is 1. The van der Waals surface area contributed by atoms with Gasteiger partial charge in [0, 0.05) is 12.0 Å². The van der Waals surface area contributed by atoms with Gasteiger partial charge in [-0.25, -0.2) is 4.39 Å². The minimum Gasteiger partial charge on any atom is -0.493 e. The van der Waals surface area contributed by atoms with Gasteiger partial charge in [0.15, 0.2) is 0 Å². The zero-order valence-electron chi connectivity index (χ0n) is 12.6. The molecule has 1 aromatic heterocycles. The number of ether oxygens (including phenoxy) is 1. The van der Waals surface area contributed by atoms with Crippen LogP contribution in [0.2, 0.25) is 0 Å². The van der Waals surface area contributed by atoms with Crippen LogP contribution in [-0.2, 0) is 6.42 Å². The molecule has 0 atom stereocenters. The van der Waals surface area contributed by atoms with Gasteiger partial charge in [0.1, 0.15) is 16.6 Å². The van der Waals surface area contributed by atoms with Crippen LogP contribution in [0.4, 0.5) is 9.52 Å². The Morgan fingerprint density at radius 1 is 1.12 bits per heavy atom. The Bertz CT molecular complexity index is 823. The van der Waals surface area contributed by atoms with Gasteiger partial charge in [-0.2, -0.15) is 0 Å². The smallest absolute Gasteiger partial charge is 0.257 e. The molecule has 0 bridgehead atoms. The molecule has 24 heavy (non-hydrogen) atoms. The first-order valence-corrected chi connectivity index (χ1v) is 8.09. The van der Waals surface area contributed by atoms with Crippen molar-refractivity contribution in [3.63, 3.8) is 0 Å². The summed E-state index contributed by atoms with van der Waals surface area (Å²) in [5.41, 5.74) is 0.235. The number of aromatic nitrogens is 2. The van der Waals surface area contributed by atoms with Crippen molar-refractivity contribution in [2.24, 2.45) is 0 Å². The Morgan fingerprint density at radius 2 is 1.96 bits per heavy atom. The van der Waals surface area contributed by atoms with Gasteiger partial charge in [0.05, 0.1) is 6.61 Å². The van der Waals surface area contributed by atoms with Gasteiger partial charge in [-0.05, 0) is 30.3 Å². The molecule has 0 unspecified atom stereocenters. The fourth-order valence-corrected chi connectivity index (χ4v) is 2.69. The van der Waals surface area contributed by atoms with Crippen LogP contribution in [0.15, 0.2) is 54.6 Å². The Labute approximate surface area is 142 Å². The lowest BCUT2D eigenvalue weighted by atomic mass is 10.2. The second kappa shape index (κ2) is 7.65. The van der Waals surface area contributed by atoms with Crippen molar-refractivity contribution in [2.45, 2.75) is 6.42 Å². The summed E-state index contributed by atoms with van der Waals surface area (Å²) in [6.45, 7) is 0.469. The predicted molar refractivity (Wildman–Crippen MR) is 89.9 cm³/mol. The van der Waals surface area contributed by atoms with Crippen molar-refractivity contribution in [2.75, 3.05) is 11.9 Å². The number of amides is 1. The average molecular weight is 343 g/mol. The number of hydrogen-bond acceptors (Lipinski definition) is 5. The molecule has 2 aromatic carbocycles. The maximum Gasteiger partial charge on any atom is 0.257 e. The Hall–Kier alpha value is -2.80. The minimum atomic E-state index is -0.460. The van der Waals surface area contributed by atoms with Gasteiger partial charge < -0.3 is 4.74 Å². The van der Waals surface area contributed by atoms with E-state index in [9.17, 15) is 9.18 Å². The van der Waals surface area contributed by atoms with Crippen LogP contribution in [0.3, 0.4) is 0 Å². The first kappa shape index (κ1) is 16.1. The topological polar surface area (TPSA) is 64.1 Å². The fraction of sp³-hybridized carbons (Fsp3) is 0.118. The molecule has 0 fully saturated rings. The highest BCUT2D eigenvalue weighted by Gasteiger charge is 2.11. The summed E-state index contributed by atoms with van der Waals surface area (Å²) in [6, 6.07) is 15.0. The normalized spacial score (nSPS) is 10.4. The van der Waals surface area contributed by atoms with E-state index in [0.29, 0.717) is 18.2 Å². The molecular weight excluding hydrogens is 329 g/mol. The third kappa shape index (κ3) is 4.36. The summed E-state index contributed by atoms with van der Waals surface area (Å²) in [4.78, 5) is 12.0. The minimum absolute atomic E-state index is 0.235. The van der Waals surface area contributed by atoms with E-state index in [-0.39, 0.29) is 5.56 Å². The fourth-order valence-electron chi connectivity index (χ4n) is 1.98. The molecule has 3 rings (SSSR count). The first-order chi connectivity index (χ1) is 11.7. The maximum atomic E-state index is 13.1. The summed E-state index contributed by atoms with van der Waals surface area (Å²) >= 11 is 1.27. The number of anilines is 1. The second-order valence-electron chi connectivity index (χ2n) is 4.88. The van der Waals surface area contributed by atoms with Gasteiger partial charge in [-0.15, -0.1) is 10.2 Å². The molecule has 7 heteroatoms. The summed E-state index contributed by atoms with van der Waals surface area (Å²) in [5, 5.41) is 11.7. The molecule has 0 saturated heterocycles. The van der Waals surface area contributed by atoms with Crippen LogP contribution in [-0.4, -0.2) is 22.7 Å². The van der Waals surface area contributed by atoms with Crippen LogP contribution >= 0.6 is 11.3 Å². The highest BCUT2D eigenvalue weighted by molar-refractivity contribution is 7.15. The van der Waals surface area contributed by atoms with E-state index in [4.69, 9.17) is 4.74 Å². The van der Waals surface area contributed by atoms with Crippen molar-refractivity contribution in [1.29, 1.82) is 0 Å². The molecule has 0 spiro atoms. The standard InChI is InChI=1S/C17H14FN3O2S/c18-13-6-4-5-12(11-13)16(22)19-17-21-20-15(24-17)9-10-23-14-7-2-1-3-8-14/h1-8,11H,9-10H2,(H,19,21,22). The Balaban J connectivity index is 1.53. The molecular formula is C17H14FN3O2S. The van der Waals surface area contributed by atoms with Crippen LogP contribution < -0.4 is 10.1 Å². The van der Waals surface area contributed by atoms with Crippen LogP contribution in [0.1, 0.15) is 15.4 Å². The number of nitrogens with zero attached hydrogens (tertiary/aromatic N) is 2. The lowest BCUT2D eigenvalue weighted by Crippen LogP contribution is -2.11. The van der Waals surface area contributed by atoms with Crippen molar-refractivity contribution >= 4 is 22.4 Å². The predicted octanol–water partition coefficient (Wildman–Crippen LogP) is 3.55. The molecule has 1 heterocycles. The van der Waals surface area contributed by atoms with E-state index < -0.39 is 11.7 Å². The van der Waals surface area contributed by atoms with Gasteiger partial charge in [-0.1, -0.05) is 35.6 Å². The molecule has 0 aliphatic carbocycles. The van der Waals surface area contributed by atoms with E-state index >= 15 is 0 Å². The summed E-state index contributed by atoms with van der Waals surface area (Å²) in [6.07, 6.45) is 0.586. The number of carbonyl (C=O) groups is 1. The second-order valence-corrected chi connectivity index (χ2v) is 5.94. The van der Waals surface area contributed by atoms with Crippen molar-refractivity contribution in [3.05, 3.63) is 71.0 Å². The van der Waals surface area contributed by atoms with Crippen LogP contribution in [0.25, 0.3) is 0 Å². The lowest BCUT2D eigenvalue weighted by molar-refractivity contribution is 0.102. The van der Waals surface area contributed by atoms with Gasteiger partial charge in [0.25, 0.3) is 5.91 Å². The Morgan fingerprint density at radius 3 is 2.75 bits per heavy atom. The molecule has 3 aromatic rings. The third-order valence-electron chi connectivity index (χ3n) is 3.10. The van der Waals surface area contributed by atoms with Crippen LogP contribution in [0, 0.1) is 5.82 Å². The van der Waals surface area contributed by atoms with E-state index in [2.05, 4.69) is 15.5 Å². The van der Waals surface area contributed by atoms with E-state index in [0.717, 1.165) is 10.8 Å². The summed E-state index contributed by atoms with van der Waals surface area (Å²) in [7, 11) is 0. The number of nitrogens with one attached hydrogen (secondary N) is 1. The highest BCUT2D eigenvalue weighted by atomic mass is 32.1. The number of rotatable bonds is 6. The quantitative estimate of drug-likeness (QED) is 0.743. The molecule has 0 aliphatic rings. The summed E-state index contributed by atoms with van der Waals surface area (Å²) in [5.74, 6) is -0.0851. The number of hydrogen-bond donors (Lipinski definition) is 1. The average Bonchev–Trinajstić information content (AvgIpc) is 3.03. The third-order valence-corrected chi connectivity index (χ3v) is 4.00. The summed E-state index contributed by atoms with van der Waals surface area (Å²) < 4.78 is 18.7. The van der Waals surface area contributed by atoms with Crippen molar-refractivity contribution in [3.8, 4) is 5.75 Å². The van der Waals surface area contributed by atoms with E-state index in [1.807, 2.05) is 30.3 Å². The van der Waals surface area contributed by atoms with Crippen molar-refractivity contribution < 1.29 is 13.9 Å². The molecule has 122 valence electrons. The van der Waals surface area contributed by atoms with Crippen LogP contribution in [0.5, 0.6) is 5.75 Å². The van der Waals surface area contributed by atoms with Crippen molar-refractivity contribution in [1.82, 2.24) is 10.2 Å². The number of carbonyl (C=O) groups excluding carboxylic acids is 1. The van der Waals surface area contributed by atoms with E-state index in [1.54, 1.807) is 0 Å². The van der Waals surface area contributed by atoms with Gasteiger partial charge in [0.2, 0.25) is 5.13 Å². The number of para-hydroxylation sites is 1. The highest BCUT2D eigenvalue weighted by Crippen LogP contribution is 2.17. The molecule has 0 aliphatic heterocycles. The molecule has 1 amide bonds. The SMILES string of the molecule is O=C(Nc1nnc(CCOc2ccccc2)s1)c1cccc(F)c1. The van der Waals surface area contributed by atoms with Gasteiger partial charge >= 0.3 is 0 Å². The first-order valence-electron chi connectivity index (χ1n) is 7.28. The molecule has 0 saturated carbocycles.